The van der Waals surface area contributed by atoms with Crippen LogP contribution in [0.25, 0.3) is 10.2 Å². The molecule has 2 rings (SSSR count). The largest absolute Gasteiger partial charge is 0.465 e. The zero-order chi connectivity index (χ0) is 15.2. The molecule has 0 unspecified atom stereocenters. The van der Waals surface area contributed by atoms with E-state index in [-0.39, 0.29) is 12.5 Å². The van der Waals surface area contributed by atoms with Gasteiger partial charge in [-0.25, -0.2) is 4.98 Å². The number of ether oxygens (including phenoxy) is 1. The maximum Gasteiger partial charge on any atom is 0.325 e. The Hall–Kier alpha value is -1.89. The number of fused-ring (bicyclic) bond motifs is 1. The maximum absolute atomic E-state index is 11.5. The fourth-order valence-electron chi connectivity index (χ4n) is 1.89. The van der Waals surface area contributed by atoms with Crippen LogP contribution in [-0.4, -0.2) is 35.6 Å². The molecule has 2 N–H and O–H groups in total. The molecule has 0 aliphatic rings. The number of nitrogens with zero attached hydrogens (tertiary/aromatic N) is 2. The Bertz CT molecular complexity index is 627. The Labute approximate surface area is 127 Å². The molecule has 114 valence electrons. The lowest BCUT2D eigenvalue weighted by Crippen LogP contribution is -2.18. The van der Waals surface area contributed by atoms with Crippen LogP contribution in [0.1, 0.15) is 25.6 Å². The molecule has 21 heavy (non-hydrogen) atoms. The monoisotopic (exact) mass is 308 g/mol. The van der Waals surface area contributed by atoms with Crippen LogP contribution in [0.15, 0.2) is 6.07 Å². The van der Waals surface area contributed by atoms with E-state index in [2.05, 4.69) is 33.6 Å². The Morgan fingerprint density at radius 2 is 2.10 bits per heavy atom. The molecule has 2 heterocycles. The summed E-state index contributed by atoms with van der Waals surface area (Å²) >= 11 is 1.65. The van der Waals surface area contributed by atoms with E-state index in [1.165, 1.54) is 4.88 Å². The van der Waals surface area contributed by atoms with Crippen molar-refractivity contribution >= 4 is 39.3 Å². The van der Waals surface area contributed by atoms with E-state index in [1.807, 2.05) is 6.92 Å². The molecule has 0 saturated heterocycles. The number of hydrogen-bond acceptors (Lipinski definition) is 7. The minimum Gasteiger partial charge on any atom is -0.465 e. The molecule has 7 heteroatoms. The number of aryl methyl sites for hydroxylation is 1. The first-order valence-electron chi connectivity index (χ1n) is 7.11. The van der Waals surface area contributed by atoms with Crippen LogP contribution >= 0.6 is 11.3 Å². The lowest BCUT2D eigenvalue weighted by Gasteiger charge is -2.08. The van der Waals surface area contributed by atoms with Crippen LogP contribution in [0.4, 0.5) is 11.8 Å². The number of aromatic nitrogens is 2. The highest BCUT2D eigenvalue weighted by Gasteiger charge is 2.12. The Kier molecular flexibility index (Phi) is 5.32. The van der Waals surface area contributed by atoms with Crippen LogP contribution < -0.4 is 10.6 Å². The zero-order valence-electron chi connectivity index (χ0n) is 12.5. The molecule has 6 nitrogen and oxygen atoms in total. The minimum absolute atomic E-state index is 0.100. The molecule has 0 radical (unpaired) electrons. The van der Waals surface area contributed by atoms with Gasteiger partial charge in [0.1, 0.15) is 17.2 Å². The van der Waals surface area contributed by atoms with Crippen molar-refractivity contribution in [1.29, 1.82) is 0 Å². The predicted molar refractivity (Wildman–Crippen MR) is 86.1 cm³/mol. The number of carbonyl (C=O) groups excluding carboxylic acids is 1. The summed E-state index contributed by atoms with van der Waals surface area (Å²) < 4.78 is 4.92. The van der Waals surface area contributed by atoms with Gasteiger partial charge in [0.15, 0.2) is 0 Å². The number of thiophene rings is 1. The van der Waals surface area contributed by atoms with Gasteiger partial charge < -0.3 is 15.4 Å². The van der Waals surface area contributed by atoms with E-state index in [4.69, 9.17) is 4.74 Å². The van der Waals surface area contributed by atoms with Crippen molar-refractivity contribution in [2.45, 2.75) is 27.2 Å². The summed E-state index contributed by atoms with van der Waals surface area (Å²) in [6.07, 6.45) is 0.953. The summed E-state index contributed by atoms with van der Waals surface area (Å²) in [6, 6.07) is 2.07. The van der Waals surface area contributed by atoms with Crippen molar-refractivity contribution in [3.8, 4) is 0 Å². The van der Waals surface area contributed by atoms with E-state index in [9.17, 15) is 4.79 Å². The Morgan fingerprint density at radius 3 is 2.76 bits per heavy atom. The van der Waals surface area contributed by atoms with Gasteiger partial charge in [0.25, 0.3) is 0 Å². The predicted octanol–water partition coefficient (Wildman–Crippen LogP) is 2.66. The highest BCUT2D eigenvalue weighted by molar-refractivity contribution is 7.18. The molecule has 0 saturated carbocycles. The fourth-order valence-corrected chi connectivity index (χ4v) is 2.85. The van der Waals surface area contributed by atoms with Gasteiger partial charge in [-0.3, -0.25) is 4.79 Å². The molecule has 0 aliphatic heterocycles. The van der Waals surface area contributed by atoms with Gasteiger partial charge in [0.2, 0.25) is 5.95 Å². The molecule has 0 fully saturated rings. The topological polar surface area (TPSA) is 76.1 Å². The third-order valence-electron chi connectivity index (χ3n) is 2.83. The van der Waals surface area contributed by atoms with E-state index in [1.54, 1.807) is 18.3 Å². The quantitative estimate of drug-likeness (QED) is 0.766. The smallest absolute Gasteiger partial charge is 0.325 e. The summed E-state index contributed by atoms with van der Waals surface area (Å²) in [4.78, 5) is 22.6. The van der Waals surface area contributed by atoms with Gasteiger partial charge in [-0.15, -0.1) is 11.3 Å². The maximum atomic E-state index is 11.5. The summed E-state index contributed by atoms with van der Waals surface area (Å²) in [7, 11) is 0. The van der Waals surface area contributed by atoms with Crippen molar-refractivity contribution in [1.82, 2.24) is 9.97 Å². The summed E-state index contributed by atoms with van der Waals surface area (Å²) in [5.74, 6) is 0.945. The molecule has 0 spiro atoms. The van der Waals surface area contributed by atoms with E-state index >= 15 is 0 Å². The van der Waals surface area contributed by atoms with E-state index in [0.717, 1.165) is 23.2 Å². The summed E-state index contributed by atoms with van der Waals surface area (Å²) in [5.41, 5.74) is 0. The number of nitrogens with one attached hydrogen (secondary N) is 2. The first-order chi connectivity index (χ1) is 10.2. The lowest BCUT2D eigenvalue weighted by atomic mass is 10.3. The van der Waals surface area contributed by atoms with Crippen LogP contribution in [0.3, 0.4) is 0 Å². The van der Waals surface area contributed by atoms with Crippen molar-refractivity contribution in [2.75, 3.05) is 30.3 Å². The van der Waals surface area contributed by atoms with Crippen LogP contribution in [-0.2, 0) is 16.0 Å². The average molecular weight is 308 g/mol. The molecule has 0 aliphatic carbocycles. The molecular weight excluding hydrogens is 288 g/mol. The molecular formula is C14H20N4O2S. The van der Waals surface area contributed by atoms with E-state index in [0.29, 0.717) is 18.4 Å². The van der Waals surface area contributed by atoms with Crippen LogP contribution in [0.5, 0.6) is 0 Å². The number of rotatable bonds is 7. The minimum atomic E-state index is -0.291. The van der Waals surface area contributed by atoms with Gasteiger partial charge in [0, 0.05) is 11.4 Å². The SMILES string of the molecule is CCNc1nc(NCC(=O)OCC)c2cc(CC)sc2n1. The second kappa shape index (κ2) is 7.21. The summed E-state index contributed by atoms with van der Waals surface area (Å²) in [6.45, 7) is 7.11. The first kappa shape index (κ1) is 15.5. The Balaban J connectivity index is 2.29. The molecule has 0 amide bonds. The number of hydrogen-bond donors (Lipinski definition) is 2. The second-order valence-corrected chi connectivity index (χ2v) is 5.49. The average Bonchev–Trinajstić information content (AvgIpc) is 2.88. The normalized spacial score (nSPS) is 10.6. The van der Waals surface area contributed by atoms with Crippen molar-refractivity contribution in [3.05, 3.63) is 10.9 Å². The first-order valence-corrected chi connectivity index (χ1v) is 7.93. The Morgan fingerprint density at radius 1 is 1.29 bits per heavy atom. The van der Waals surface area contributed by atoms with Gasteiger partial charge in [-0.1, -0.05) is 6.92 Å². The van der Waals surface area contributed by atoms with Crippen molar-refractivity contribution in [2.24, 2.45) is 0 Å². The number of esters is 1. The third kappa shape index (κ3) is 3.81. The van der Waals surface area contributed by atoms with Crippen LogP contribution in [0.2, 0.25) is 0 Å². The molecule has 0 bridgehead atoms. The molecule has 0 aromatic carbocycles. The second-order valence-electron chi connectivity index (χ2n) is 4.37. The summed E-state index contributed by atoms with van der Waals surface area (Å²) in [5, 5.41) is 7.10. The highest BCUT2D eigenvalue weighted by Crippen LogP contribution is 2.30. The molecule has 2 aromatic rings. The third-order valence-corrected chi connectivity index (χ3v) is 4.01. The highest BCUT2D eigenvalue weighted by atomic mass is 32.1. The van der Waals surface area contributed by atoms with Crippen molar-refractivity contribution in [3.63, 3.8) is 0 Å². The lowest BCUT2D eigenvalue weighted by molar-refractivity contribution is -0.140. The van der Waals surface area contributed by atoms with Gasteiger partial charge in [0.05, 0.1) is 12.0 Å². The number of carbonyl (C=O) groups is 1. The fraction of sp³-hybridized carbons (Fsp3) is 0.500. The number of anilines is 2. The molecule has 0 atom stereocenters. The van der Waals surface area contributed by atoms with Crippen molar-refractivity contribution < 1.29 is 9.53 Å². The zero-order valence-corrected chi connectivity index (χ0v) is 13.3. The standard InChI is InChI=1S/C14H20N4O2S/c1-4-9-7-10-12(16-8-11(19)20-6-3)17-14(15-5-2)18-13(10)21-9/h7H,4-6,8H2,1-3H3,(H2,15,16,17,18). The van der Waals surface area contributed by atoms with Gasteiger partial charge in [-0.05, 0) is 26.3 Å². The van der Waals surface area contributed by atoms with E-state index < -0.39 is 0 Å². The molecule has 2 aromatic heterocycles. The van der Waals surface area contributed by atoms with Crippen LogP contribution in [0, 0.1) is 0 Å². The van der Waals surface area contributed by atoms with Gasteiger partial charge in [-0.2, -0.15) is 4.98 Å². The van der Waals surface area contributed by atoms with Gasteiger partial charge >= 0.3 is 5.97 Å².